The van der Waals surface area contributed by atoms with Crippen LogP contribution >= 0.6 is 11.8 Å². The third-order valence-corrected chi connectivity index (χ3v) is 3.00. The summed E-state index contributed by atoms with van der Waals surface area (Å²) in [4.78, 5) is 11.9. The van der Waals surface area contributed by atoms with Crippen molar-refractivity contribution < 1.29 is 9.53 Å². The van der Waals surface area contributed by atoms with E-state index in [1.165, 1.54) is 7.05 Å². The second-order valence-electron chi connectivity index (χ2n) is 3.14. The van der Waals surface area contributed by atoms with Gasteiger partial charge >= 0.3 is 6.09 Å². The monoisotopic (exact) mass is 236 g/mol. The Morgan fingerprint density at radius 2 is 2.12 bits per heavy atom. The highest BCUT2D eigenvalue weighted by atomic mass is 32.2. The maximum atomic E-state index is 11.1. The second-order valence-corrected chi connectivity index (χ2v) is 3.97. The molecule has 0 aliphatic rings. The minimum atomic E-state index is -0.497. The minimum Gasteiger partial charge on any atom is -0.410 e. The lowest BCUT2D eigenvalue weighted by molar-refractivity contribution is 0.202. The number of nitrogens with zero attached hydrogens (tertiary/aromatic N) is 1. The molecular weight excluding hydrogens is 224 g/mol. The van der Waals surface area contributed by atoms with Gasteiger partial charge in [0.25, 0.3) is 0 Å². The van der Waals surface area contributed by atoms with E-state index in [1.807, 2.05) is 19.2 Å². The van der Waals surface area contributed by atoms with E-state index in [9.17, 15) is 4.79 Å². The zero-order valence-electron chi connectivity index (χ0n) is 9.33. The molecule has 16 heavy (non-hydrogen) atoms. The van der Waals surface area contributed by atoms with Crippen molar-refractivity contribution in [1.82, 2.24) is 5.32 Å². The van der Waals surface area contributed by atoms with Crippen LogP contribution in [0.1, 0.15) is 11.1 Å². The zero-order valence-corrected chi connectivity index (χ0v) is 10.1. The fourth-order valence-electron chi connectivity index (χ4n) is 1.19. The van der Waals surface area contributed by atoms with Crippen molar-refractivity contribution in [2.75, 3.05) is 7.05 Å². The molecule has 4 nitrogen and oxygen atoms in total. The quantitative estimate of drug-likeness (QED) is 0.633. The van der Waals surface area contributed by atoms with Gasteiger partial charge < -0.3 is 10.1 Å². The van der Waals surface area contributed by atoms with Crippen LogP contribution in [-0.4, -0.2) is 13.1 Å². The minimum absolute atomic E-state index is 0.497. The molecule has 1 N–H and O–H groups in total. The summed E-state index contributed by atoms with van der Waals surface area (Å²) < 4.78 is 5.07. The van der Waals surface area contributed by atoms with Crippen molar-refractivity contribution in [2.24, 2.45) is 0 Å². The highest BCUT2D eigenvalue weighted by molar-refractivity contribution is 8.03. The SMILES string of the molecule is CNC(=O)Oc1ccc(SC#N)c(C)c1C. The predicted molar refractivity (Wildman–Crippen MR) is 62.5 cm³/mol. The molecule has 1 amide bonds. The van der Waals surface area contributed by atoms with Gasteiger partial charge in [0.15, 0.2) is 0 Å². The molecule has 0 aliphatic carbocycles. The Bertz CT molecular complexity index is 452. The molecule has 0 fully saturated rings. The van der Waals surface area contributed by atoms with Crippen LogP contribution in [0, 0.1) is 24.5 Å². The molecule has 1 aromatic carbocycles. The van der Waals surface area contributed by atoms with Gasteiger partial charge in [-0.25, -0.2) is 4.79 Å². The Balaban J connectivity index is 3.03. The molecule has 0 unspecified atom stereocenters. The third kappa shape index (κ3) is 2.67. The maximum Gasteiger partial charge on any atom is 0.412 e. The molecule has 0 atom stereocenters. The number of ether oxygens (including phenoxy) is 1. The van der Waals surface area contributed by atoms with Crippen LogP contribution < -0.4 is 10.1 Å². The van der Waals surface area contributed by atoms with Crippen LogP contribution in [0.25, 0.3) is 0 Å². The Morgan fingerprint density at radius 1 is 1.44 bits per heavy atom. The average Bonchev–Trinajstić information content (AvgIpc) is 2.28. The molecule has 0 aromatic heterocycles. The van der Waals surface area contributed by atoms with Gasteiger partial charge in [-0.1, -0.05) is 0 Å². The lowest BCUT2D eigenvalue weighted by Crippen LogP contribution is -2.22. The van der Waals surface area contributed by atoms with Crippen molar-refractivity contribution in [3.63, 3.8) is 0 Å². The van der Waals surface area contributed by atoms with Crippen molar-refractivity contribution in [2.45, 2.75) is 18.7 Å². The summed E-state index contributed by atoms with van der Waals surface area (Å²) in [6.45, 7) is 3.75. The molecule has 1 rings (SSSR count). The van der Waals surface area contributed by atoms with Gasteiger partial charge in [-0.15, -0.1) is 0 Å². The molecule has 0 bridgehead atoms. The number of hydrogen-bond acceptors (Lipinski definition) is 4. The van der Waals surface area contributed by atoms with Gasteiger partial charge in [0, 0.05) is 11.9 Å². The summed E-state index contributed by atoms with van der Waals surface area (Å²) in [7, 11) is 1.50. The van der Waals surface area contributed by atoms with Crippen LogP contribution in [0.5, 0.6) is 5.75 Å². The normalized spacial score (nSPS) is 9.38. The van der Waals surface area contributed by atoms with Gasteiger partial charge in [0.05, 0.1) is 0 Å². The number of benzene rings is 1. The van der Waals surface area contributed by atoms with Crippen molar-refractivity contribution >= 4 is 17.9 Å². The Morgan fingerprint density at radius 3 is 2.69 bits per heavy atom. The number of amides is 1. The van der Waals surface area contributed by atoms with Crippen molar-refractivity contribution in [3.8, 4) is 11.2 Å². The molecule has 0 saturated carbocycles. The van der Waals surface area contributed by atoms with Crippen molar-refractivity contribution in [1.29, 1.82) is 5.26 Å². The molecule has 0 radical (unpaired) electrons. The summed E-state index contributed by atoms with van der Waals surface area (Å²) in [5.74, 6) is 0.513. The van der Waals surface area contributed by atoms with E-state index in [1.54, 1.807) is 12.1 Å². The second kappa shape index (κ2) is 5.42. The fourth-order valence-corrected chi connectivity index (χ4v) is 1.73. The zero-order chi connectivity index (χ0) is 12.1. The number of hydrogen-bond donors (Lipinski definition) is 1. The van der Waals surface area contributed by atoms with Crippen LogP contribution in [-0.2, 0) is 0 Å². The van der Waals surface area contributed by atoms with Crippen molar-refractivity contribution in [3.05, 3.63) is 23.3 Å². The molecule has 5 heteroatoms. The molecule has 0 heterocycles. The average molecular weight is 236 g/mol. The van der Waals surface area contributed by atoms with E-state index in [0.717, 1.165) is 27.8 Å². The molecule has 0 aliphatic heterocycles. The van der Waals surface area contributed by atoms with Gasteiger partial charge in [-0.3, -0.25) is 0 Å². The van der Waals surface area contributed by atoms with E-state index in [0.29, 0.717) is 5.75 Å². The topological polar surface area (TPSA) is 62.1 Å². The predicted octanol–water partition coefficient (Wildman–Crippen LogP) is 2.59. The smallest absolute Gasteiger partial charge is 0.410 e. The molecule has 0 spiro atoms. The number of nitriles is 1. The number of rotatable bonds is 2. The molecule has 1 aromatic rings. The number of carbonyl (C=O) groups is 1. The fraction of sp³-hybridized carbons (Fsp3) is 0.273. The summed E-state index contributed by atoms with van der Waals surface area (Å²) in [6.07, 6.45) is -0.497. The molecule has 84 valence electrons. The van der Waals surface area contributed by atoms with Crippen LogP contribution in [0.4, 0.5) is 4.79 Å². The number of thioether (sulfide) groups is 1. The van der Waals surface area contributed by atoms with Crippen LogP contribution in [0.3, 0.4) is 0 Å². The Hall–Kier alpha value is -1.67. The summed E-state index contributed by atoms with van der Waals surface area (Å²) in [6, 6.07) is 3.46. The van der Waals surface area contributed by atoms with E-state index in [4.69, 9.17) is 10.00 Å². The highest BCUT2D eigenvalue weighted by Gasteiger charge is 2.10. The summed E-state index contributed by atoms with van der Waals surface area (Å²) in [5.41, 5.74) is 1.82. The van der Waals surface area contributed by atoms with Gasteiger partial charge in [0.1, 0.15) is 11.2 Å². The van der Waals surface area contributed by atoms with Gasteiger partial charge in [-0.05, 0) is 48.9 Å². The Labute approximate surface area is 98.6 Å². The van der Waals surface area contributed by atoms with E-state index in [-0.39, 0.29) is 0 Å². The third-order valence-electron chi connectivity index (χ3n) is 2.25. The van der Waals surface area contributed by atoms with E-state index >= 15 is 0 Å². The van der Waals surface area contributed by atoms with Gasteiger partial charge in [0.2, 0.25) is 0 Å². The number of thiocyanates is 1. The first-order valence-corrected chi connectivity index (χ1v) is 5.47. The number of nitrogens with one attached hydrogen (secondary N) is 1. The van der Waals surface area contributed by atoms with Gasteiger partial charge in [-0.2, -0.15) is 5.26 Å². The lowest BCUT2D eigenvalue weighted by Gasteiger charge is -2.10. The standard InChI is InChI=1S/C11H12N2O2S/c1-7-8(2)10(16-6-12)5-4-9(7)15-11(14)13-3/h4-5H,1-3H3,(H,13,14). The maximum absolute atomic E-state index is 11.1. The lowest BCUT2D eigenvalue weighted by atomic mass is 10.1. The van der Waals surface area contributed by atoms with Crippen LogP contribution in [0.2, 0.25) is 0 Å². The van der Waals surface area contributed by atoms with E-state index in [2.05, 4.69) is 5.32 Å². The Kier molecular flexibility index (Phi) is 4.20. The summed E-state index contributed by atoms with van der Waals surface area (Å²) in [5, 5.41) is 13.0. The number of carbonyl (C=O) groups excluding carboxylic acids is 1. The molecule has 0 saturated heterocycles. The molecular formula is C11H12N2O2S. The van der Waals surface area contributed by atoms with Crippen LogP contribution in [0.15, 0.2) is 17.0 Å². The van der Waals surface area contributed by atoms with E-state index < -0.39 is 6.09 Å². The first-order chi connectivity index (χ1) is 7.60. The largest absolute Gasteiger partial charge is 0.412 e. The first-order valence-electron chi connectivity index (χ1n) is 4.65. The highest BCUT2D eigenvalue weighted by Crippen LogP contribution is 2.30. The first kappa shape index (κ1) is 12.4. The summed E-state index contributed by atoms with van der Waals surface area (Å²) >= 11 is 1.10.